The van der Waals surface area contributed by atoms with Gasteiger partial charge in [0.25, 0.3) is 0 Å². The Balaban J connectivity index is 0.000000329. The van der Waals surface area contributed by atoms with E-state index in [4.69, 9.17) is 0 Å². The van der Waals surface area contributed by atoms with Crippen molar-refractivity contribution in [1.82, 2.24) is 0 Å². The lowest BCUT2D eigenvalue weighted by Crippen LogP contribution is -1.84. The van der Waals surface area contributed by atoms with E-state index in [2.05, 4.69) is 63.2 Å². The molecule has 0 unspecified atom stereocenters. The molecule has 1 aliphatic carbocycles. The lowest BCUT2D eigenvalue weighted by atomic mass is 10.0. The van der Waals surface area contributed by atoms with E-state index >= 15 is 0 Å². The van der Waals surface area contributed by atoms with Gasteiger partial charge in [0.1, 0.15) is 0 Å². The second kappa shape index (κ2) is 5.18. The number of hydrogen-bond donors (Lipinski definition) is 0. The molecule has 1 aliphatic rings. The van der Waals surface area contributed by atoms with E-state index in [1.807, 2.05) is 0 Å². The molecule has 0 amide bonds. The molecule has 0 heterocycles. The average Bonchev–Trinajstić information content (AvgIpc) is 2.71. The molecule has 0 heteroatoms. The van der Waals surface area contributed by atoms with Gasteiger partial charge < -0.3 is 0 Å². The third kappa shape index (κ3) is 2.26. The summed E-state index contributed by atoms with van der Waals surface area (Å²) >= 11 is 0. The summed E-state index contributed by atoms with van der Waals surface area (Å²) in [5, 5.41) is 0. The number of fused-ring (bicyclic) bond motifs is 3. The highest BCUT2D eigenvalue weighted by molar-refractivity contribution is 5.77. The van der Waals surface area contributed by atoms with E-state index in [1.165, 1.54) is 34.2 Å². The second-order valence-corrected chi connectivity index (χ2v) is 4.64. The minimum Gasteiger partial charge on any atom is -0.0656 e. The summed E-state index contributed by atoms with van der Waals surface area (Å²) in [6.45, 7) is 6.45. The van der Waals surface area contributed by atoms with Crippen LogP contribution in [-0.2, 0) is 6.42 Å². The van der Waals surface area contributed by atoms with Crippen LogP contribution in [0.25, 0.3) is 11.1 Å². The first-order valence-electron chi connectivity index (χ1n) is 6.44. The summed E-state index contributed by atoms with van der Waals surface area (Å²) in [4.78, 5) is 0. The largest absolute Gasteiger partial charge is 0.0656 e. The van der Waals surface area contributed by atoms with Gasteiger partial charge in [-0.1, -0.05) is 62.7 Å². The monoisotopic (exact) mass is 224 g/mol. The van der Waals surface area contributed by atoms with Crippen molar-refractivity contribution in [2.45, 2.75) is 33.6 Å². The minimum absolute atomic E-state index is 1.11. The molecule has 0 saturated carbocycles. The van der Waals surface area contributed by atoms with Crippen molar-refractivity contribution in [3.8, 4) is 11.1 Å². The van der Waals surface area contributed by atoms with Gasteiger partial charge in [-0.3, -0.25) is 0 Å². The highest BCUT2D eigenvalue weighted by Crippen LogP contribution is 2.37. The zero-order valence-corrected chi connectivity index (χ0v) is 11.0. The van der Waals surface area contributed by atoms with E-state index < -0.39 is 0 Å². The van der Waals surface area contributed by atoms with E-state index in [-0.39, 0.29) is 0 Å². The fraction of sp³-hybridized carbons (Fsp3) is 0.294. The van der Waals surface area contributed by atoms with Crippen LogP contribution in [0.4, 0.5) is 0 Å². The predicted octanol–water partition coefficient (Wildman–Crippen LogP) is 4.98. The van der Waals surface area contributed by atoms with Gasteiger partial charge in [-0.15, -0.1) is 0 Å². The number of hydrogen-bond acceptors (Lipinski definition) is 0. The SMILES string of the molecule is CCC.Cc1cccc2c1Cc1ccccc1-2. The van der Waals surface area contributed by atoms with Gasteiger partial charge in [-0.25, -0.2) is 0 Å². The van der Waals surface area contributed by atoms with Crippen molar-refractivity contribution >= 4 is 0 Å². The molecule has 0 saturated heterocycles. The molecule has 2 aromatic rings. The van der Waals surface area contributed by atoms with Crippen LogP contribution in [0.5, 0.6) is 0 Å². The molecule has 0 aromatic heterocycles. The second-order valence-electron chi connectivity index (χ2n) is 4.64. The quantitative estimate of drug-likeness (QED) is 0.505. The maximum Gasteiger partial charge on any atom is -0.00108 e. The van der Waals surface area contributed by atoms with Crippen molar-refractivity contribution in [2.24, 2.45) is 0 Å². The molecule has 3 rings (SSSR count). The van der Waals surface area contributed by atoms with Crippen LogP contribution in [-0.4, -0.2) is 0 Å². The third-order valence-corrected chi connectivity index (χ3v) is 3.09. The predicted molar refractivity (Wildman–Crippen MR) is 75.4 cm³/mol. The molecule has 0 radical (unpaired) electrons. The molecular formula is C17H20. The fourth-order valence-electron chi connectivity index (χ4n) is 2.32. The van der Waals surface area contributed by atoms with Gasteiger partial charge >= 0.3 is 0 Å². The Morgan fingerprint density at radius 1 is 0.882 bits per heavy atom. The molecule has 0 bridgehead atoms. The molecule has 2 aromatic carbocycles. The van der Waals surface area contributed by atoms with Crippen molar-refractivity contribution in [3.05, 3.63) is 59.2 Å². The Morgan fingerprint density at radius 3 is 2.29 bits per heavy atom. The van der Waals surface area contributed by atoms with Gasteiger partial charge in [0.2, 0.25) is 0 Å². The van der Waals surface area contributed by atoms with Crippen LogP contribution < -0.4 is 0 Å². The van der Waals surface area contributed by atoms with Crippen molar-refractivity contribution in [1.29, 1.82) is 0 Å². The molecule has 0 fully saturated rings. The molecule has 0 N–H and O–H groups in total. The van der Waals surface area contributed by atoms with Crippen molar-refractivity contribution < 1.29 is 0 Å². The Hall–Kier alpha value is -1.56. The molecule has 0 nitrogen and oxygen atoms in total. The number of rotatable bonds is 0. The Labute approximate surface area is 104 Å². The highest BCUT2D eigenvalue weighted by atomic mass is 14.2. The zero-order valence-electron chi connectivity index (χ0n) is 11.0. The third-order valence-electron chi connectivity index (χ3n) is 3.09. The molecular weight excluding hydrogens is 204 g/mol. The van der Waals surface area contributed by atoms with Crippen molar-refractivity contribution in [3.63, 3.8) is 0 Å². The summed E-state index contributed by atoms with van der Waals surface area (Å²) in [6.07, 6.45) is 2.36. The van der Waals surface area contributed by atoms with E-state index in [0.717, 1.165) is 6.42 Å². The molecule has 0 spiro atoms. The Kier molecular flexibility index (Phi) is 3.63. The fourth-order valence-corrected chi connectivity index (χ4v) is 2.32. The van der Waals surface area contributed by atoms with E-state index in [1.54, 1.807) is 0 Å². The lowest BCUT2D eigenvalue weighted by molar-refractivity contribution is 1.09. The van der Waals surface area contributed by atoms with E-state index in [0.29, 0.717) is 0 Å². The lowest BCUT2D eigenvalue weighted by Gasteiger charge is -2.02. The number of benzene rings is 2. The zero-order chi connectivity index (χ0) is 12.3. The Bertz CT molecular complexity index is 509. The maximum absolute atomic E-state index is 2.23. The summed E-state index contributed by atoms with van der Waals surface area (Å²) in [5.74, 6) is 0. The van der Waals surface area contributed by atoms with Gasteiger partial charge in [-0.05, 0) is 41.2 Å². The van der Waals surface area contributed by atoms with Crippen LogP contribution >= 0.6 is 0 Å². The normalized spacial score (nSPS) is 11.2. The average molecular weight is 224 g/mol. The van der Waals surface area contributed by atoms with Crippen molar-refractivity contribution in [2.75, 3.05) is 0 Å². The first-order chi connectivity index (χ1) is 8.27. The summed E-state index contributed by atoms with van der Waals surface area (Å²) in [7, 11) is 0. The standard InChI is InChI=1S/C14H12.C3H8/c1-10-5-4-8-13-12-7-3-2-6-11(12)9-14(10)13;1-3-2/h2-8H,9H2,1H3;3H2,1-2H3. The van der Waals surface area contributed by atoms with Gasteiger partial charge in [0.05, 0.1) is 0 Å². The first-order valence-corrected chi connectivity index (χ1v) is 6.44. The molecule has 88 valence electrons. The first kappa shape index (κ1) is 11.9. The maximum atomic E-state index is 2.23. The van der Waals surface area contributed by atoms with E-state index in [9.17, 15) is 0 Å². The molecule has 17 heavy (non-hydrogen) atoms. The smallest absolute Gasteiger partial charge is 0.00108 e. The summed E-state index contributed by atoms with van der Waals surface area (Å²) < 4.78 is 0. The van der Waals surface area contributed by atoms with Gasteiger partial charge in [-0.2, -0.15) is 0 Å². The Morgan fingerprint density at radius 2 is 1.53 bits per heavy atom. The van der Waals surface area contributed by atoms with Crippen LogP contribution in [0, 0.1) is 6.92 Å². The van der Waals surface area contributed by atoms with Gasteiger partial charge in [0, 0.05) is 0 Å². The summed E-state index contributed by atoms with van der Waals surface area (Å²) in [6, 6.07) is 15.3. The van der Waals surface area contributed by atoms with Gasteiger partial charge in [0.15, 0.2) is 0 Å². The minimum atomic E-state index is 1.11. The van der Waals surface area contributed by atoms with Crippen LogP contribution in [0.2, 0.25) is 0 Å². The van der Waals surface area contributed by atoms with Crippen LogP contribution in [0.3, 0.4) is 0 Å². The summed E-state index contributed by atoms with van der Waals surface area (Å²) in [5.41, 5.74) is 7.25. The number of aryl methyl sites for hydroxylation is 1. The molecule has 0 aliphatic heterocycles. The topological polar surface area (TPSA) is 0 Å². The van der Waals surface area contributed by atoms with Crippen LogP contribution in [0.15, 0.2) is 42.5 Å². The highest BCUT2D eigenvalue weighted by Gasteiger charge is 2.18. The van der Waals surface area contributed by atoms with Crippen LogP contribution in [0.1, 0.15) is 37.0 Å². The molecule has 0 atom stereocenters.